The van der Waals surface area contributed by atoms with Gasteiger partial charge in [-0.3, -0.25) is 0 Å². The van der Waals surface area contributed by atoms with Crippen LogP contribution < -0.4 is 5.32 Å². The zero-order valence-corrected chi connectivity index (χ0v) is 14.4. The van der Waals surface area contributed by atoms with Crippen molar-refractivity contribution in [3.63, 3.8) is 0 Å². The molecule has 0 aliphatic heterocycles. The van der Waals surface area contributed by atoms with E-state index in [2.05, 4.69) is 77.6 Å². The Morgan fingerprint density at radius 3 is 2.54 bits per heavy atom. The minimum absolute atomic E-state index is 0.551. The molecule has 1 unspecified atom stereocenters. The fourth-order valence-corrected chi connectivity index (χ4v) is 3.35. The van der Waals surface area contributed by atoms with Crippen LogP contribution in [0.15, 0.2) is 67.3 Å². The van der Waals surface area contributed by atoms with Crippen molar-refractivity contribution in [2.45, 2.75) is 19.3 Å². The van der Waals surface area contributed by atoms with E-state index in [0.717, 1.165) is 25.8 Å². The van der Waals surface area contributed by atoms with Gasteiger partial charge in [-0.15, -0.1) is 6.58 Å². The Hall–Kier alpha value is -2.32. The number of rotatable bonds is 8. The third-order valence-electron chi connectivity index (χ3n) is 4.74. The molecule has 24 heavy (non-hydrogen) atoms. The number of hydrogen-bond donors (Lipinski definition) is 2. The highest BCUT2D eigenvalue weighted by molar-refractivity contribution is 5.90. The second kappa shape index (κ2) is 7.98. The summed E-state index contributed by atoms with van der Waals surface area (Å²) in [6, 6.07) is 19.2. The van der Waals surface area contributed by atoms with Crippen molar-refractivity contribution < 1.29 is 0 Å². The molecular weight excluding hydrogens is 292 g/mol. The summed E-state index contributed by atoms with van der Waals surface area (Å²) in [6.45, 7) is 5.06. The largest absolute Gasteiger partial charge is 0.354 e. The van der Waals surface area contributed by atoms with Gasteiger partial charge in [0.05, 0.1) is 0 Å². The number of benzene rings is 2. The van der Waals surface area contributed by atoms with E-state index in [1.165, 1.54) is 27.7 Å². The van der Waals surface area contributed by atoms with Crippen molar-refractivity contribution >= 4 is 10.9 Å². The van der Waals surface area contributed by atoms with E-state index in [1.807, 2.05) is 7.05 Å². The summed E-state index contributed by atoms with van der Waals surface area (Å²) < 4.78 is 0. The van der Waals surface area contributed by atoms with E-state index in [1.54, 1.807) is 0 Å². The quantitative estimate of drug-likeness (QED) is 0.550. The topological polar surface area (TPSA) is 27.8 Å². The monoisotopic (exact) mass is 318 g/mol. The third kappa shape index (κ3) is 3.60. The van der Waals surface area contributed by atoms with Crippen molar-refractivity contribution in [2.24, 2.45) is 5.92 Å². The van der Waals surface area contributed by atoms with Crippen molar-refractivity contribution in [1.82, 2.24) is 10.3 Å². The van der Waals surface area contributed by atoms with Crippen LogP contribution >= 0.6 is 0 Å². The van der Waals surface area contributed by atoms with E-state index in [-0.39, 0.29) is 0 Å². The molecule has 0 saturated carbocycles. The molecule has 0 saturated heterocycles. The molecule has 3 aromatic rings. The normalized spacial score (nSPS) is 12.4. The van der Waals surface area contributed by atoms with E-state index in [9.17, 15) is 0 Å². The number of aromatic nitrogens is 1. The predicted molar refractivity (Wildman–Crippen MR) is 104 cm³/mol. The van der Waals surface area contributed by atoms with Gasteiger partial charge < -0.3 is 10.3 Å². The zero-order valence-electron chi connectivity index (χ0n) is 14.4. The van der Waals surface area contributed by atoms with Gasteiger partial charge in [-0.1, -0.05) is 54.6 Å². The highest BCUT2D eigenvalue weighted by Gasteiger charge is 2.14. The lowest BCUT2D eigenvalue weighted by atomic mass is 9.94. The zero-order chi connectivity index (χ0) is 16.8. The molecule has 0 aliphatic carbocycles. The number of H-pyrrole nitrogens is 1. The lowest BCUT2D eigenvalue weighted by Crippen LogP contribution is -2.12. The number of para-hydroxylation sites is 1. The first-order valence-corrected chi connectivity index (χ1v) is 8.75. The van der Waals surface area contributed by atoms with Crippen LogP contribution in [0.25, 0.3) is 22.2 Å². The van der Waals surface area contributed by atoms with Crippen molar-refractivity contribution in [3.05, 3.63) is 72.8 Å². The highest BCUT2D eigenvalue weighted by Crippen LogP contribution is 2.32. The lowest BCUT2D eigenvalue weighted by molar-refractivity contribution is 0.531. The number of nitrogens with one attached hydrogen (secondary N) is 2. The summed E-state index contributed by atoms with van der Waals surface area (Å²) in [5.74, 6) is 0.551. The Kier molecular flexibility index (Phi) is 5.50. The van der Waals surface area contributed by atoms with E-state index in [0.29, 0.717) is 5.92 Å². The predicted octanol–water partition coefficient (Wildman–Crippen LogP) is 5.18. The fraction of sp³-hybridized carbons (Fsp3) is 0.273. The molecule has 0 radical (unpaired) electrons. The van der Waals surface area contributed by atoms with Gasteiger partial charge in [-0.2, -0.15) is 0 Å². The molecule has 2 heteroatoms. The van der Waals surface area contributed by atoms with Gasteiger partial charge in [0.15, 0.2) is 0 Å². The van der Waals surface area contributed by atoms with Gasteiger partial charge in [0.1, 0.15) is 0 Å². The van der Waals surface area contributed by atoms with Crippen LogP contribution in [0.1, 0.15) is 18.4 Å². The molecule has 2 nitrogen and oxygen atoms in total. The molecule has 1 heterocycles. The van der Waals surface area contributed by atoms with E-state index in [4.69, 9.17) is 0 Å². The molecule has 3 rings (SSSR count). The Balaban J connectivity index is 1.92. The average Bonchev–Trinajstić information content (AvgIpc) is 3.01. The first-order valence-electron chi connectivity index (χ1n) is 8.75. The van der Waals surface area contributed by atoms with Crippen LogP contribution in [0.2, 0.25) is 0 Å². The summed E-state index contributed by atoms with van der Waals surface area (Å²) in [5, 5.41) is 4.58. The van der Waals surface area contributed by atoms with Gasteiger partial charge in [0.2, 0.25) is 0 Å². The molecule has 0 spiro atoms. The molecule has 0 bridgehead atoms. The van der Waals surface area contributed by atoms with Crippen LogP contribution in [0.4, 0.5) is 0 Å². The first kappa shape index (κ1) is 16.5. The number of fused-ring (bicyclic) bond motifs is 1. The summed E-state index contributed by atoms with van der Waals surface area (Å²) in [5.41, 5.74) is 5.16. The number of hydrogen-bond acceptors (Lipinski definition) is 1. The van der Waals surface area contributed by atoms with Gasteiger partial charge in [-0.25, -0.2) is 0 Å². The maximum absolute atomic E-state index is 4.02. The van der Waals surface area contributed by atoms with Gasteiger partial charge in [0, 0.05) is 16.6 Å². The van der Waals surface area contributed by atoms with Crippen LogP contribution in [0.3, 0.4) is 0 Å². The third-order valence-corrected chi connectivity index (χ3v) is 4.74. The van der Waals surface area contributed by atoms with E-state index >= 15 is 0 Å². The maximum Gasteiger partial charge on any atom is 0.0497 e. The molecule has 0 amide bonds. The maximum atomic E-state index is 4.02. The lowest BCUT2D eigenvalue weighted by Gasteiger charge is -2.13. The highest BCUT2D eigenvalue weighted by atomic mass is 14.8. The Bertz CT molecular complexity index is 786. The number of aryl methyl sites for hydroxylation is 1. The number of aromatic amines is 1. The van der Waals surface area contributed by atoms with Crippen LogP contribution in [0.5, 0.6) is 0 Å². The van der Waals surface area contributed by atoms with Gasteiger partial charge in [0.25, 0.3) is 0 Å². The minimum atomic E-state index is 0.551. The molecule has 1 atom stereocenters. The number of allylic oxidation sites excluding steroid dienone is 1. The second-order valence-corrected chi connectivity index (χ2v) is 6.32. The van der Waals surface area contributed by atoms with Gasteiger partial charge in [-0.05, 0) is 56.0 Å². The summed E-state index contributed by atoms with van der Waals surface area (Å²) in [6.07, 6.45) is 5.44. The van der Waals surface area contributed by atoms with Crippen LogP contribution in [-0.4, -0.2) is 18.6 Å². The van der Waals surface area contributed by atoms with Crippen molar-refractivity contribution in [2.75, 3.05) is 13.6 Å². The second-order valence-electron chi connectivity index (χ2n) is 6.32. The van der Waals surface area contributed by atoms with E-state index < -0.39 is 0 Å². The SMILES string of the molecule is C=CC(CCNC)CCc1c(-c2ccccc2)[nH]c2ccccc12. The van der Waals surface area contributed by atoms with Crippen molar-refractivity contribution in [3.8, 4) is 11.3 Å². The summed E-state index contributed by atoms with van der Waals surface area (Å²) in [4.78, 5) is 3.63. The molecule has 2 aromatic carbocycles. The van der Waals surface area contributed by atoms with Crippen molar-refractivity contribution in [1.29, 1.82) is 0 Å². The Labute approximate surface area is 144 Å². The van der Waals surface area contributed by atoms with Crippen LogP contribution in [-0.2, 0) is 6.42 Å². The fourth-order valence-electron chi connectivity index (χ4n) is 3.35. The Morgan fingerprint density at radius 1 is 1.04 bits per heavy atom. The minimum Gasteiger partial charge on any atom is -0.354 e. The van der Waals surface area contributed by atoms with Crippen LogP contribution in [0, 0.1) is 5.92 Å². The average molecular weight is 318 g/mol. The van der Waals surface area contributed by atoms with Gasteiger partial charge >= 0.3 is 0 Å². The molecular formula is C22H26N2. The molecule has 1 aromatic heterocycles. The first-order chi connectivity index (χ1) is 11.8. The molecule has 2 N–H and O–H groups in total. The standard InChI is InChI=1S/C22H26N2/c1-3-17(15-16-23-2)13-14-20-19-11-7-8-12-21(19)24-22(20)18-9-5-4-6-10-18/h3-12,17,23-24H,1,13-16H2,2H3. The molecule has 0 fully saturated rings. The molecule has 0 aliphatic rings. The summed E-state index contributed by atoms with van der Waals surface area (Å²) in [7, 11) is 2.01. The molecule has 124 valence electrons. The smallest absolute Gasteiger partial charge is 0.0497 e. The Morgan fingerprint density at radius 2 is 1.79 bits per heavy atom. The summed E-state index contributed by atoms with van der Waals surface area (Å²) >= 11 is 0.